The lowest BCUT2D eigenvalue weighted by Gasteiger charge is -2.17. The maximum Gasteiger partial charge on any atom is 0.283 e. The monoisotopic (exact) mass is 478 g/mol. The van der Waals surface area contributed by atoms with E-state index in [9.17, 15) is 13.2 Å². The van der Waals surface area contributed by atoms with Crippen molar-refractivity contribution in [1.82, 2.24) is 19.5 Å². The number of nitrogens with zero attached hydrogens (tertiary/aromatic N) is 3. The fourth-order valence-electron chi connectivity index (χ4n) is 4.07. The van der Waals surface area contributed by atoms with E-state index in [-0.39, 0.29) is 27.5 Å². The zero-order valence-corrected chi connectivity index (χ0v) is 19.6. The molecule has 174 valence electrons. The van der Waals surface area contributed by atoms with Crippen LogP contribution in [0.25, 0.3) is 16.6 Å². The maximum atomic E-state index is 13.3. The molecule has 0 saturated carbocycles. The molecule has 34 heavy (non-hydrogen) atoms. The fourth-order valence-corrected chi connectivity index (χ4v) is 5.35. The number of pyridine rings is 1. The summed E-state index contributed by atoms with van der Waals surface area (Å²) >= 11 is 0. The molecule has 0 fully saturated rings. The van der Waals surface area contributed by atoms with E-state index in [1.807, 2.05) is 19.9 Å². The van der Waals surface area contributed by atoms with E-state index < -0.39 is 15.9 Å². The molecule has 1 N–H and O–H groups in total. The van der Waals surface area contributed by atoms with Gasteiger partial charge in [-0.2, -0.15) is 5.10 Å². The zero-order valence-electron chi connectivity index (χ0n) is 18.8. The Bertz CT molecular complexity index is 1530. The second-order valence-corrected chi connectivity index (χ2v) is 10.2. The van der Waals surface area contributed by atoms with Gasteiger partial charge in [0.25, 0.3) is 15.9 Å². The molecular weight excluding hydrogens is 456 g/mol. The number of sulfonamides is 1. The average Bonchev–Trinajstić information content (AvgIpc) is 3.45. The van der Waals surface area contributed by atoms with Gasteiger partial charge in [-0.05, 0) is 36.4 Å². The summed E-state index contributed by atoms with van der Waals surface area (Å²) < 4.78 is 41.4. The Hall–Kier alpha value is -3.92. The molecule has 10 heteroatoms. The van der Waals surface area contributed by atoms with E-state index in [4.69, 9.17) is 9.47 Å². The van der Waals surface area contributed by atoms with Crippen LogP contribution in [-0.2, 0) is 15.4 Å². The molecule has 2 aromatic heterocycles. The lowest BCUT2D eigenvalue weighted by atomic mass is 9.87. The lowest BCUT2D eigenvalue weighted by molar-refractivity contribution is 0.0977. The first-order chi connectivity index (χ1) is 16.2. The molecule has 2 aromatic carbocycles. The number of aromatic nitrogens is 3. The van der Waals surface area contributed by atoms with Crippen molar-refractivity contribution in [2.45, 2.75) is 24.2 Å². The van der Waals surface area contributed by atoms with Crippen LogP contribution in [0.1, 0.15) is 29.9 Å². The van der Waals surface area contributed by atoms with Crippen LogP contribution in [0.5, 0.6) is 11.5 Å². The van der Waals surface area contributed by atoms with Gasteiger partial charge in [0, 0.05) is 28.8 Å². The first-order valence-electron chi connectivity index (χ1n) is 10.5. The number of amides is 1. The number of carbonyl (C=O) groups is 1. The number of ether oxygens (including phenoxy) is 2. The van der Waals surface area contributed by atoms with E-state index in [2.05, 4.69) is 14.8 Å². The number of hydrogen-bond donors (Lipinski definition) is 1. The van der Waals surface area contributed by atoms with E-state index in [1.165, 1.54) is 13.2 Å². The topological polar surface area (TPSA) is 112 Å². The Balaban J connectivity index is 1.51. The predicted octanol–water partition coefficient (Wildman–Crippen LogP) is 3.22. The van der Waals surface area contributed by atoms with Gasteiger partial charge in [-0.1, -0.05) is 26.0 Å². The summed E-state index contributed by atoms with van der Waals surface area (Å²) in [7, 11) is -2.96. The summed E-state index contributed by atoms with van der Waals surface area (Å²) in [6, 6.07) is 13.8. The Morgan fingerprint density at radius 3 is 2.71 bits per heavy atom. The number of rotatable bonds is 5. The Morgan fingerprint density at radius 2 is 1.97 bits per heavy atom. The minimum atomic E-state index is -4.33. The van der Waals surface area contributed by atoms with Crippen molar-refractivity contribution in [3.8, 4) is 17.2 Å². The van der Waals surface area contributed by atoms with Crippen LogP contribution in [-0.4, -0.2) is 42.8 Å². The van der Waals surface area contributed by atoms with Crippen LogP contribution in [0.2, 0.25) is 0 Å². The minimum absolute atomic E-state index is 0.0403. The molecule has 5 rings (SSSR count). The highest BCUT2D eigenvalue weighted by Gasteiger charge is 2.39. The molecule has 0 aliphatic carbocycles. The van der Waals surface area contributed by atoms with Gasteiger partial charge < -0.3 is 9.47 Å². The summed E-state index contributed by atoms with van der Waals surface area (Å²) in [5.74, 6) is -0.574. The van der Waals surface area contributed by atoms with E-state index in [0.717, 1.165) is 16.6 Å². The highest BCUT2D eigenvalue weighted by molar-refractivity contribution is 7.90. The fraction of sp³-hybridized carbons (Fsp3) is 0.208. The van der Waals surface area contributed by atoms with E-state index >= 15 is 0 Å². The van der Waals surface area contributed by atoms with Crippen molar-refractivity contribution in [2.24, 2.45) is 0 Å². The summed E-state index contributed by atoms with van der Waals surface area (Å²) in [5.41, 5.74) is 1.64. The number of nitrogens with one attached hydrogen (secondary N) is 1. The second kappa shape index (κ2) is 7.84. The molecule has 1 aliphatic rings. The molecule has 4 aromatic rings. The summed E-state index contributed by atoms with van der Waals surface area (Å²) in [4.78, 5) is 17.1. The number of hydrogen-bond acceptors (Lipinski definition) is 7. The molecule has 3 heterocycles. The molecular formula is C24H22N4O5S. The Morgan fingerprint density at radius 1 is 1.15 bits per heavy atom. The highest BCUT2D eigenvalue weighted by Crippen LogP contribution is 2.46. The van der Waals surface area contributed by atoms with Crippen LogP contribution in [0, 0.1) is 0 Å². The van der Waals surface area contributed by atoms with Crippen molar-refractivity contribution in [1.29, 1.82) is 0 Å². The third-order valence-corrected chi connectivity index (χ3v) is 7.17. The smallest absolute Gasteiger partial charge is 0.283 e. The van der Waals surface area contributed by atoms with E-state index in [0.29, 0.717) is 12.1 Å². The highest BCUT2D eigenvalue weighted by atomic mass is 32.2. The standard InChI is InChI=1S/C24H22N4O5S/c1-24(2)14-33-21-16(24)9-11-20(32-3)22(21)34(30,31)27-23(29)18-10-8-15-17(26-18)6-4-7-19(15)28-13-5-12-25-28/h4-13H,14H2,1-3H3,(H,27,29). The Kier molecular flexibility index (Phi) is 5.05. The molecule has 0 spiro atoms. The maximum absolute atomic E-state index is 13.3. The van der Waals surface area contributed by atoms with Crippen LogP contribution >= 0.6 is 0 Å². The van der Waals surface area contributed by atoms with Crippen molar-refractivity contribution in [2.75, 3.05) is 13.7 Å². The number of benzene rings is 2. The normalized spacial score (nSPS) is 14.4. The lowest BCUT2D eigenvalue weighted by Crippen LogP contribution is -2.31. The number of carbonyl (C=O) groups excluding carboxylic acids is 1. The van der Waals surface area contributed by atoms with Gasteiger partial charge in [-0.25, -0.2) is 22.8 Å². The summed E-state index contributed by atoms with van der Waals surface area (Å²) in [6.45, 7) is 4.23. The van der Waals surface area contributed by atoms with Crippen LogP contribution in [0.4, 0.5) is 0 Å². The molecule has 9 nitrogen and oxygen atoms in total. The van der Waals surface area contributed by atoms with Crippen molar-refractivity contribution in [3.05, 3.63) is 72.2 Å². The predicted molar refractivity (Wildman–Crippen MR) is 125 cm³/mol. The van der Waals surface area contributed by atoms with Gasteiger partial charge in [0.2, 0.25) is 0 Å². The molecule has 0 atom stereocenters. The van der Waals surface area contributed by atoms with Crippen molar-refractivity contribution in [3.63, 3.8) is 0 Å². The molecule has 0 saturated heterocycles. The van der Waals surface area contributed by atoms with Crippen molar-refractivity contribution >= 4 is 26.8 Å². The quantitative estimate of drug-likeness (QED) is 0.469. The van der Waals surface area contributed by atoms with Crippen LogP contribution in [0.15, 0.2) is 65.8 Å². The van der Waals surface area contributed by atoms with Gasteiger partial charge in [0.1, 0.15) is 17.2 Å². The zero-order chi connectivity index (χ0) is 24.1. The molecule has 1 amide bonds. The molecule has 0 unspecified atom stereocenters. The third kappa shape index (κ3) is 3.56. The van der Waals surface area contributed by atoms with Gasteiger partial charge in [-0.15, -0.1) is 0 Å². The van der Waals surface area contributed by atoms with Crippen molar-refractivity contribution < 1.29 is 22.7 Å². The largest absolute Gasteiger partial charge is 0.495 e. The first kappa shape index (κ1) is 21.9. The third-order valence-electron chi connectivity index (χ3n) is 5.79. The molecule has 1 aliphatic heterocycles. The van der Waals surface area contributed by atoms with Gasteiger partial charge in [-0.3, -0.25) is 4.79 Å². The SMILES string of the molecule is COc1ccc2c(c1S(=O)(=O)NC(=O)c1ccc3c(-n4cccn4)cccc3n1)OCC2(C)C. The molecule has 0 bridgehead atoms. The van der Waals surface area contributed by atoms with Gasteiger partial charge >= 0.3 is 0 Å². The van der Waals surface area contributed by atoms with E-state index in [1.54, 1.807) is 53.5 Å². The second-order valence-electron chi connectivity index (χ2n) is 8.57. The number of fused-ring (bicyclic) bond motifs is 2. The number of methoxy groups -OCH3 is 1. The minimum Gasteiger partial charge on any atom is -0.495 e. The average molecular weight is 479 g/mol. The molecule has 0 radical (unpaired) electrons. The van der Waals surface area contributed by atoms with Gasteiger partial charge in [0.05, 0.1) is 24.9 Å². The first-order valence-corrected chi connectivity index (χ1v) is 12.0. The van der Waals surface area contributed by atoms with Crippen LogP contribution < -0.4 is 14.2 Å². The summed E-state index contributed by atoms with van der Waals surface area (Å²) in [6.07, 6.45) is 3.47. The summed E-state index contributed by atoms with van der Waals surface area (Å²) in [5, 5.41) is 5.01. The van der Waals surface area contributed by atoms with Crippen LogP contribution in [0.3, 0.4) is 0 Å². The van der Waals surface area contributed by atoms with Gasteiger partial charge in [0.15, 0.2) is 4.90 Å². The Labute approximate surface area is 196 Å².